The highest BCUT2D eigenvalue weighted by Gasteiger charge is 1.88. The van der Waals surface area contributed by atoms with Crippen LogP contribution in [0.2, 0.25) is 0 Å². The van der Waals surface area contributed by atoms with Crippen LogP contribution in [-0.2, 0) is 0 Å². The fraction of sp³-hybridized carbons (Fsp3) is 1.00. The lowest BCUT2D eigenvalue weighted by atomic mass is 10.4. The number of hydrogen-bond donors (Lipinski definition) is 4. The van der Waals surface area contributed by atoms with Crippen molar-refractivity contribution in [2.24, 2.45) is 17.2 Å². The number of halogens is 2. The van der Waals surface area contributed by atoms with E-state index in [1.165, 1.54) is 0 Å². The average molecular weight is 355 g/mol. The molecule has 2 atom stereocenters. The van der Waals surface area contributed by atoms with Gasteiger partial charge in [-0.2, -0.15) is 0 Å². The van der Waals surface area contributed by atoms with Crippen molar-refractivity contribution >= 4 is 39.8 Å². The molecule has 4 nitrogen and oxygen atoms in total. The molecule has 12 heavy (non-hydrogen) atoms. The van der Waals surface area contributed by atoms with Crippen LogP contribution in [0.3, 0.4) is 0 Å². The molecule has 0 aliphatic rings. The molecular formula is C6H20BrIN4. The molecule has 0 heterocycles. The van der Waals surface area contributed by atoms with E-state index in [0.29, 0.717) is 19.1 Å². The highest BCUT2D eigenvalue weighted by Crippen LogP contribution is 1.77. The Morgan fingerprint density at radius 3 is 1.58 bits per heavy atom. The lowest BCUT2D eigenvalue weighted by molar-refractivity contribution is 0.722. The van der Waals surface area contributed by atoms with Crippen molar-refractivity contribution in [3.8, 4) is 0 Å². The third-order valence-electron chi connectivity index (χ3n) is 0.912. The van der Waals surface area contributed by atoms with Crippen molar-refractivity contribution in [3.63, 3.8) is 0 Å². The van der Waals surface area contributed by atoms with Gasteiger partial charge in [0, 0.05) is 48.0 Å². The Morgan fingerprint density at radius 1 is 1.25 bits per heavy atom. The summed E-state index contributed by atoms with van der Waals surface area (Å²) in [7, 11) is 0. The summed E-state index contributed by atoms with van der Waals surface area (Å²) in [5.41, 5.74) is 15.4. The molecule has 0 saturated carbocycles. The maximum atomic E-state index is 5.22. The van der Waals surface area contributed by atoms with E-state index >= 15 is 0 Å². The average Bonchev–Trinajstić information content (AvgIpc) is 2.04. The van der Waals surface area contributed by atoms with E-state index in [1.807, 2.05) is 13.8 Å². The van der Waals surface area contributed by atoms with Crippen LogP contribution < -0.4 is 20.7 Å². The van der Waals surface area contributed by atoms with Crippen molar-refractivity contribution in [2.45, 2.75) is 25.9 Å². The van der Waals surface area contributed by atoms with Crippen molar-refractivity contribution in [1.29, 1.82) is 0 Å². The third-order valence-corrected chi connectivity index (χ3v) is 1.97. The normalized spacial score (nSPS) is 13.5. The predicted molar refractivity (Wildman–Crippen MR) is 68.7 cm³/mol. The summed E-state index contributed by atoms with van der Waals surface area (Å²) in [6.07, 6.45) is 0. The Morgan fingerprint density at radius 2 is 1.58 bits per heavy atom. The highest BCUT2D eigenvalue weighted by atomic mass is 127. The lowest BCUT2D eigenvalue weighted by Crippen LogP contribution is -2.25. The molecule has 0 radical (unpaired) electrons. The second-order valence-corrected chi connectivity index (χ2v) is 3.08. The predicted octanol–water partition coefficient (Wildman–Crippen LogP) is 0.143. The maximum Gasteiger partial charge on any atom is 0.0257 e. The van der Waals surface area contributed by atoms with Gasteiger partial charge in [-0.05, 0) is 13.8 Å². The fourth-order valence-electron chi connectivity index (χ4n) is 0.0445. The monoisotopic (exact) mass is 354 g/mol. The Hall–Kier alpha value is 1.05. The van der Waals surface area contributed by atoms with Crippen LogP contribution in [0.25, 0.3) is 0 Å². The molecule has 0 spiro atoms. The zero-order valence-electron chi connectivity index (χ0n) is 7.59. The van der Waals surface area contributed by atoms with Gasteiger partial charge in [0.2, 0.25) is 0 Å². The smallest absolute Gasteiger partial charge is 0.0257 e. The van der Waals surface area contributed by atoms with E-state index in [9.17, 15) is 0 Å². The summed E-state index contributed by atoms with van der Waals surface area (Å²) in [5, 5.41) is 0. The maximum absolute atomic E-state index is 5.22. The summed E-state index contributed by atoms with van der Waals surface area (Å²) in [5.74, 6) is 0. The first-order valence-electron chi connectivity index (χ1n) is 3.60. The zero-order valence-corrected chi connectivity index (χ0v) is 11.5. The molecule has 0 bridgehead atoms. The third kappa shape index (κ3) is 22.5. The Kier molecular flexibility index (Phi) is 22.8. The molecule has 0 aliphatic heterocycles. The molecule has 0 aromatic carbocycles. The van der Waals surface area contributed by atoms with Crippen LogP contribution >= 0.6 is 39.8 Å². The van der Waals surface area contributed by atoms with Crippen LogP contribution in [0.1, 0.15) is 13.8 Å². The van der Waals surface area contributed by atoms with Crippen LogP contribution in [0.5, 0.6) is 0 Å². The topological polar surface area (TPSA) is 90.1 Å². The van der Waals surface area contributed by atoms with E-state index in [4.69, 9.17) is 17.2 Å². The van der Waals surface area contributed by atoms with Crippen molar-refractivity contribution < 1.29 is 0 Å². The fourth-order valence-corrected chi connectivity index (χ4v) is 0.299. The molecule has 0 aromatic heterocycles. The van der Waals surface area contributed by atoms with Crippen molar-refractivity contribution in [1.82, 2.24) is 3.53 Å². The zero-order chi connectivity index (χ0) is 9.28. The first-order valence-corrected chi connectivity index (χ1v) is 4.68. The number of nitrogens with two attached hydrogens (primary N) is 3. The Balaban J connectivity index is -0.000000126. The van der Waals surface area contributed by atoms with E-state index in [1.54, 1.807) is 0 Å². The minimum absolute atomic E-state index is 0. The van der Waals surface area contributed by atoms with Gasteiger partial charge in [-0.3, -0.25) is 3.53 Å². The highest BCUT2D eigenvalue weighted by molar-refractivity contribution is 14.1. The van der Waals surface area contributed by atoms with Gasteiger partial charge in [-0.15, -0.1) is 17.0 Å². The Bertz CT molecular complexity index is 70.6. The van der Waals surface area contributed by atoms with E-state index in [2.05, 4.69) is 26.4 Å². The largest absolute Gasteiger partial charge is 0.329 e. The molecule has 0 amide bonds. The van der Waals surface area contributed by atoms with Crippen LogP contribution in [0.4, 0.5) is 0 Å². The first kappa shape index (κ1) is 18.8. The van der Waals surface area contributed by atoms with Crippen molar-refractivity contribution in [3.05, 3.63) is 0 Å². The second kappa shape index (κ2) is 14.6. The van der Waals surface area contributed by atoms with Gasteiger partial charge in [0.05, 0.1) is 0 Å². The number of rotatable bonds is 3. The van der Waals surface area contributed by atoms with Crippen molar-refractivity contribution in [2.75, 3.05) is 13.1 Å². The van der Waals surface area contributed by atoms with Gasteiger partial charge in [0.25, 0.3) is 0 Å². The second-order valence-electron chi connectivity index (χ2n) is 2.46. The van der Waals surface area contributed by atoms with Gasteiger partial charge in [0.1, 0.15) is 0 Å². The van der Waals surface area contributed by atoms with Gasteiger partial charge >= 0.3 is 0 Å². The molecule has 6 heteroatoms. The molecule has 2 unspecified atom stereocenters. The van der Waals surface area contributed by atoms with Crippen LogP contribution in [0, 0.1) is 0 Å². The molecule has 0 aliphatic carbocycles. The minimum atomic E-state index is 0. The van der Waals surface area contributed by atoms with Gasteiger partial charge in [-0.1, -0.05) is 0 Å². The van der Waals surface area contributed by atoms with Crippen LogP contribution in [0.15, 0.2) is 0 Å². The summed E-state index contributed by atoms with van der Waals surface area (Å²) < 4.78 is 2.96. The lowest BCUT2D eigenvalue weighted by Gasteiger charge is -2.00. The summed E-state index contributed by atoms with van der Waals surface area (Å²) >= 11 is 2.08. The summed E-state index contributed by atoms with van der Waals surface area (Å²) in [6.45, 7) is 5.20. The molecule has 0 rings (SSSR count). The Labute approximate surface area is 99.3 Å². The van der Waals surface area contributed by atoms with E-state index in [-0.39, 0.29) is 23.0 Å². The minimum Gasteiger partial charge on any atom is -0.329 e. The van der Waals surface area contributed by atoms with E-state index in [0.717, 1.165) is 0 Å². The molecule has 0 aromatic rings. The number of hydrogen-bond acceptors (Lipinski definition) is 4. The number of nitrogens with one attached hydrogen (secondary N) is 1. The van der Waals surface area contributed by atoms with Crippen LogP contribution in [-0.4, -0.2) is 25.2 Å². The standard InChI is InChI=1S/C3H9IN2.C3H10N2.BrH/c1-3(2-5)6-4;1-3(5)2-4;/h3,6H,2,5H2,1H3;3H,2,4-5H2,1H3;1H. The molecule has 7 N–H and O–H groups in total. The SMILES string of the molecule is Br.CC(CN)NI.CC(N)CN. The quantitative estimate of drug-likeness (QED) is 0.429. The van der Waals surface area contributed by atoms with Gasteiger partial charge in [-0.25, -0.2) is 0 Å². The molecular weight excluding hydrogens is 335 g/mol. The molecule has 0 fully saturated rings. The first-order chi connectivity index (χ1) is 5.08. The van der Waals surface area contributed by atoms with Gasteiger partial charge < -0.3 is 17.2 Å². The summed E-state index contributed by atoms with van der Waals surface area (Å²) in [4.78, 5) is 0. The molecule has 78 valence electrons. The molecule has 0 saturated heterocycles. The van der Waals surface area contributed by atoms with E-state index < -0.39 is 0 Å². The van der Waals surface area contributed by atoms with Gasteiger partial charge in [0.15, 0.2) is 0 Å². The summed E-state index contributed by atoms with van der Waals surface area (Å²) in [6, 6.07) is 0.612.